The van der Waals surface area contributed by atoms with Gasteiger partial charge in [-0.15, -0.1) is 16.4 Å². The quantitative estimate of drug-likeness (QED) is 0.377. The number of hydrogen-bond donors (Lipinski definition) is 1. The van der Waals surface area contributed by atoms with Gasteiger partial charge in [0.2, 0.25) is 0 Å². The molecular weight excluding hydrogens is 463 g/mol. The first-order valence-electron chi connectivity index (χ1n) is 10.6. The molecule has 10 heteroatoms. The summed E-state index contributed by atoms with van der Waals surface area (Å²) in [7, 11) is 0. The van der Waals surface area contributed by atoms with E-state index in [2.05, 4.69) is 20.6 Å². The van der Waals surface area contributed by atoms with E-state index in [1.807, 2.05) is 31.2 Å². The molecular formula is C24H22F3N5OS. The Morgan fingerprint density at radius 1 is 1.12 bits per heavy atom. The Morgan fingerprint density at radius 2 is 1.88 bits per heavy atom. The Balaban J connectivity index is 1.52. The molecule has 0 unspecified atom stereocenters. The second-order valence-electron chi connectivity index (χ2n) is 7.77. The summed E-state index contributed by atoms with van der Waals surface area (Å²) in [6, 6.07) is 13.0. The number of alkyl halides is 3. The minimum Gasteiger partial charge on any atom is -0.296 e. The Kier molecular flexibility index (Phi) is 6.52. The fourth-order valence-electron chi connectivity index (χ4n) is 3.63. The number of nitrogens with zero attached hydrogens (tertiary/aromatic N) is 4. The average molecular weight is 486 g/mol. The van der Waals surface area contributed by atoms with Gasteiger partial charge in [0.05, 0.1) is 22.6 Å². The Hall–Kier alpha value is -3.53. The maximum absolute atomic E-state index is 13.0. The highest BCUT2D eigenvalue weighted by Crippen LogP contribution is 2.31. The summed E-state index contributed by atoms with van der Waals surface area (Å²) in [6.45, 7) is 5.58. The molecule has 2 aromatic heterocycles. The minimum absolute atomic E-state index is 0.179. The van der Waals surface area contributed by atoms with Crippen molar-refractivity contribution in [1.82, 2.24) is 20.0 Å². The first-order valence-corrected chi connectivity index (χ1v) is 11.4. The molecule has 0 aliphatic carbocycles. The second kappa shape index (κ2) is 9.38. The first-order chi connectivity index (χ1) is 16.2. The van der Waals surface area contributed by atoms with Gasteiger partial charge >= 0.3 is 6.18 Å². The van der Waals surface area contributed by atoms with Gasteiger partial charge in [-0.05, 0) is 43.5 Å². The molecule has 4 rings (SSSR count). The number of amides is 1. The van der Waals surface area contributed by atoms with Crippen LogP contribution in [0, 0.1) is 13.8 Å². The molecule has 0 spiro atoms. The molecule has 0 bridgehead atoms. The number of aromatic nitrogens is 4. The molecule has 0 saturated carbocycles. The summed E-state index contributed by atoms with van der Waals surface area (Å²) in [5.74, 6) is -0.447. The molecule has 0 aliphatic rings. The first kappa shape index (κ1) is 23.6. The van der Waals surface area contributed by atoms with Crippen molar-refractivity contribution in [2.45, 2.75) is 39.8 Å². The number of carbonyl (C=O) groups excluding carboxylic acids is 1. The third-order valence-electron chi connectivity index (χ3n) is 5.44. The summed E-state index contributed by atoms with van der Waals surface area (Å²) in [6.07, 6.45) is -3.30. The topological polar surface area (TPSA) is 72.7 Å². The van der Waals surface area contributed by atoms with Crippen LogP contribution in [0.2, 0.25) is 0 Å². The molecule has 0 saturated heterocycles. The number of rotatable bonds is 6. The summed E-state index contributed by atoms with van der Waals surface area (Å²) in [5.41, 5.74) is 3.19. The largest absolute Gasteiger partial charge is 0.416 e. The van der Waals surface area contributed by atoms with E-state index in [1.165, 1.54) is 17.4 Å². The zero-order valence-corrected chi connectivity index (χ0v) is 19.6. The van der Waals surface area contributed by atoms with Crippen LogP contribution in [-0.4, -0.2) is 25.9 Å². The molecule has 6 nitrogen and oxygen atoms in total. The summed E-state index contributed by atoms with van der Waals surface area (Å²) in [5, 5.41) is 11.3. The summed E-state index contributed by atoms with van der Waals surface area (Å²) in [4.78, 5) is 18.0. The predicted octanol–water partition coefficient (Wildman–Crippen LogP) is 5.76. The van der Waals surface area contributed by atoms with Crippen LogP contribution in [0.1, 0.15) is 50.4 Å². The standard InChI is InChI=1S/C24H22F3N5OS/c1-4-17-9-5-6-11-19(17)32-15(3)21(30-31-32)22(33)29-23-28-14(2)20(34-23)13-16-8-7-10-18(12-16)24(25,26)27/h5-12H,4,13H2,1-3H3,(H,28,29,33). The monoisotopic (exact) mass is 485 g/mol. The molecule has 176 valence electrons. The van der Waals surface area contributed by atoms with Gasteiger partial charge in [0.1, 0.15) is 0 Å². The number of aryl methyl sites for hydroxylation is 2. The van der Waals surface area contributed by atoms with Crippen LogP contribution in [0.3, 0.4) is 0 Å². The number of thiazole rings is 1. The zero-order chi connectivity index (χ0) is 24.5. The van der Waals surface area contributed by atoms with Gasteiger partial charge in [-0.1, -0.05) is 48.5 Å². The number of benzene rings is 2. The summed E-state index contributed by atoms with van der Waals surface area (Å²) < 4.78 is 40.7. The zero-order valence-electron chi connectivity index (χ0n) is 18.8. The molecule has 4 aromatic rings. The lowest BCUT2D eigenvalue weighted by Gasteiger charge is -2.08. The maximum atomic E-state index is 13.0. The van der Waals surface area contributed by atoms with Crippen molar-refractivity contribution in [2.75, 3.05) is 5.32 Å². The van der Waals surface area contributed by atoms with Crippen molar-refractivity contribution in [2.24, 2.45) is 0 Å². The van der Waals surface area contributed by atoms with Gasteiger partial charge in [-0.25, -0.2) is 9.67 Å². The van der Waals surface area contributed by atoms with Crippen molar-refractivity contribution >= 4 is 22.4 Å². The van der Waals surface area contributed by atoms with E-state index >= 15 is 0 Å². The van der Waals surface area contributed by atoms with E-state index in [1.54, 1.807) is 24.6 Å². The van der Waals surface area contributed by atoms with Gasteiger partial charge in [0.15, 0.2) is 10.8 Å². The van der Waals surface area contributed by atoms with E-state index in [4.69, 9.17) is 0 Å². The highest BCUT2D eigenvalue weighted by atomic mass is 32.1. The van der Waals surface area contributed by atoms with E-state index in [-0.39, 0.29) is 12.1 Å². The van der Waals surface area contributed by atoms with E-state index < -0.39 is 17.6 Å². The van der Waals surface area contributed by atoms with E-state index in [0.717, 1.165) is 34.7 Å². The minimum atomic E-state index is -4.40. The SMILES string of the molecule is CCc1ccccc1-n1nnc(C(=O)Nc2nc(C)c(Cc3cccc(C(F)(F)F)c3)s2)c1C. The van der Waals surface area contributed by atoms with Crippen LogP contribution < -0.4 is 5.32 Å². The van der Waals surface area contributed by atoms with Gasteiger partial charge in [0, 0.05) is 11.3 Å². The third-order valence-corrected chi connectivity index (χ3v) is 6.52. The van der Waals surface area contributed by atoms with Crippen LogP contribution >= 0.6 is 11.3 Å². The smallest absolute Gasteiger partial charge is 0.296 e. The number of para-hydroxylation sites is 1. The van der Waals surface area contributed by atoms with Crippen LogP contribution in [0.4, 0.5) is 18.3 Å². The Labute approximate surface area is 198 Å². The van der Waals surface area contributed by atoms with Crippen molar-refractivity contribution in [3.63, 3.8) is 0 Å². The molecule has 0 aliphatic heterocycles. The third kappa shape index (κ3) is 4.86. The number of hydrogen-bond acceptors (Lipinski definition) is 5. The lowest BCUT2D eigenvalue weighted by molar-refractivity contribution is -0.137. The summed E-state index contributed by atoms with van der Waals surface area (Å²) >= 11 is 1.23. The van der Waals surface area contributed by atoms with Crippen LogP contribution in [0.15, 0.2) is 48.5 Å². The molecule has 2 heterocycles. The fourth-order valence-corrected chi connectivity index (χ4v) is 4.62. The number of halogens is 3. The Morgan fingerprint density at radius 3 is 2.62 bits per heavy atom. The molecule has 2 aromatic carbocycles. The highest BCUT2D eigenvalue weighted by molar-refractivity contribution is 7.15. The second-order valence-corrected chi connectivity index (χ2v) is 8.86. The molecule has 34 heavy (non-hydrogen) atoms. The van der Waals surface area contributed by atoms with E-state index in [0.29, 0.717) is 22.1 Å². The number of anilines is 1. The lowest BCUT2D eigenvalue weighted by atomic mass is 10.1. The predicted molar refractivity (Wildman–Crippen MR) is 125 cm³/mol. The van der Waals surface area contributed by atoms with Crippen molar-refractivity contribution < 1.29 is 18.0 Å². The molecule has 0 radical (unpaired) electrons. The number of carbonyl (C=O) groups is 1. The average Bonchev–Trinajstić information content (AvgIpc) is 3.35. The normalized spacial score (nSPS) is 11.6. The molecule has 0 atom stereocenters. The molecule has 1 N–H and O–H groups in total. The van der Waals surface area contributed by atoms with Gasteiger partial charge in [-0.3, -0.25) is 10.1 Å². The van der Waals surface area contributed by atoms with E-state index in [9.17, 15) is 18.0 Å². The van der Waals surface area contributed by atoms with Crippen LogP contribution in [0.25, 0.3) is 5.69 Å². The Bertz CT molecular complexity index is 1340. The molecule has 1 amide bonds. The van der Waals surface area contributed by atoms with Gasteiger partial charge in [-0.2, -0.15) is 13.2 Å². The van der Waals surface area contributed by atoms with Crippen LogP contribution in [-0.2, 0) is 19.0 Å². The maximum Gasteiger partial charge on any atom is 0.416 e. The highest BCUT2D eigenvalue weighted by Gasteiger charge is 2.30. The number of nitrogens with one attached hydrogen (secondary N) is 1. The van der Waals surface area contributed by atoms with Gasteiger partial charge < -0.3 is 0 Å². The van der Waals surface area contributed by atoms with Crippen molar-refractivity contribution in [3.8, 4) is 5.69 Å². The van der Waals surface area contributed by atoms with Crippen LogP contribution in [0.5, 0.6) is 0 Å². The van der Waals surface area contributed by atoms with Crippen molar-refractivity contribution in [1.29, 1.82) is 0 Å². The molecule has 0 fully saturated rings. The van der Waals surface area contributed by atoms with Crippen molar-refractivity contribution in [3.05, 3.63) is 87.2 Å². The lowest BCUT2D eigenvalue weighted by Crippen LogP contribution is -2.14. The van der Waals surface area contributed by atoms with Gasteiger partial charge in [0.25, 0.3) is 5.91 Å². The fraction of sp³-hybridized carbons (Fsp3) is 0.250.